The summed E-state index contributed by atoms with van der Waals surface area (Å²) in [6.45, 7) is 12.1. The fraction of sp³-hybridized carbons (Fsp3) is 0.438. The molecule has 0 saturated heterocycles. The molecule has 4 heteroatoms. The van der Waals surface area contributed by atoms with Crippen LogP contribution in [0.2, 0.25) is 13.6 Å². The lowest BCUT2D eigenvalue weighted by Crippen LogP contribution is -2.37. The number of carbonyl (C=O) groups excluding carboxylic acids is 1. The normalized spacial score (nSPS) is 11.7. The van der Waals surface area contributed by atoms with Crippen molar-refractivity contribution < 1.29 is 9.53 Å². The Bertz CT molecular complexity index is 650. The van der Waals surface area contributed by atoms with Crippen molar-refractivity contribution in [2.45, 2.75) is 46.9 Å². The van der Waals surface area contributed by atoms with Crippen molar-refractivity contribution in [3.63, 3.8) is 0 Å². The molecule has 106 valence electrons. The van der Waals surface area contributed by atoms with Crippen LogP contribution in [0.25, 0.3) is 10.9 Å². The number of aryl methyl sites for hydroxylation is 1. The minimum Gasteiger partial charge on any atom is -0.443 e. The summed E-state index contributed by atoms with van der Waals surface area (Å²) in [6.07, 6.45) is -0.306. The fourth-order valence-electron chi connectivity index (χ4n) is 2.29. The Balaban J connectivity index is 2.60. The van der Waals surface area contributed by atoms with E-state index in [1.54, 1.807) is 4.57 Å². The van der Waals surface area contributed by atoms with Gasteiger partial charge in [0.15, 0.2) is 6.71 Å². The summed E-state index contributed by atoms with van der Waals surface area (Å²) in [5, 5.41) is 1.08. The summed E-state index contributed by atoms with van der Waals surface area (Å²) in [7, 11) is 0. The Labute approximate surface area is 121 Å². The van der Waals surface area contributed by atoms with Gasteiger partial charge < -0.3 is 4.74 Å². The maximum Gasteiger partial charge on any atom is 0.418 e. The molecule has 1 heterocycles. The number of fused-ring (bicyclic) bond motifs is 1. The van der Waals surface area contributed by atoms with E-state index in [0.717, 1.165) is 16.5 Å². The Kier molecular flexibility index (Phi) is 3.68. The standard InChI is InChI=1S/C16H22BNO2/c1-11-7-8-13-12(9-11)10-14(17(5)6)18(13)15(19)20-16(2,3)4/h7-10H,1-6H3. The summed E-state index contributed by atoms with van der Waals surface area (Å²) in [6, 6.07) is 8.19. The zero-order valence-electron chi connectivity index (χ0n) is 13.2. The van der Waals surface area contributed by atoms with Crippen LogP contribution in [-0.4, -0.2) is 23.0 Å². The van der Waals surface area contributed by atoms with E-state index in [0.29, 0.717) is 0 Å². The average molecular weight is 271 g/mol. The Hall–Kier alpha value is -1.71. The largest absolute Gasteiger partial charge is 0.443 e. The predicted molar refractivity (Wildman–Crippen MR) is 85.4 cm³/mol. The van der Waals surface area contributed by atoms with E-state index in [1.165, 1.54) is 5.56 Å². The molecule has 1 aromatic carbocycles. The van der Waals surface area contributed by atoms with Crippen molar-refractivity contribution >= 4 is 29.3 Å². The van der Waals surface area contributed by atoms with Gasteiger partial charge in [0.2, 0.25) is 0 Å². The van der Waals surface area contributed by atoms with Gasteiger partial charge >= 0.3 is 6.09 Å². The first kappa shape index (κ1) is 14.7. The minimum absolute atomic E-state index is 0.259. The first-order chi connectivity index (χ1) is 9.19. The van der Waals surface area contributed by atoms with Gasteiger partial charge in [-0.3, -0.25) is 4.57 Å². The molecule has 0 aliphatic heterocycles. The molecule has 1 aromatic heterocycles. The molecule has 0 aliphatic rings. The van der Waals surface area contributed by atoms with Crippen molar-refractivity contribution in [2.24, 2.45) is 0 Å². The highest BCUT2D eigenvalue weighted by molar-refractivity contribution is 6.70. The second-order valence-corrected chi connectivity index (χ2v) is 6.60. The van der Waals surface area contributed by atoms with E-state index in [1.807, 2.05) is 32.9 Å². The third kappa shape index (κ3) is 2.89. The van der Waals surface area contributed by atoms with Crippen LogP contribution in [0.15, 0.2) is 24.3 Å². The van der Waals surface area contributed by atoms with Crippen LogP contribution >= 0.6 is 0 Å². The van der Waals surface area contributed by atoms with Crippen LogP contribution < -0.4 is 5.59 Å². The number of hydrogen-bond acceptors (Lipinski definition) is 2. The van der Waals surface area contributed by atoms with Gasteiger partial charge in [0.1, 0.15) is 5.60 Å². The van der Waals surface area contributed by atoms with Gasteiger partial charge in [-0.05, 0) is 56.9 Å². The molecule has 0 saturated carbocycles. The van der Waals surface area contributed by atoms with Gasteiger partial charge in [-0.2, -0.15) is 0 Å². The number of rotatable bonds is 1. The maximum absolute atomic E-state index is 12.5. The first-order valence-corrected chi connectivity index (χ1v) is 7.04. The molecule has 0 spiro atoms. The SMILES string of the molecule is CB(C)c1cc2cc(C)ccc2n1C(=O)OC(C)(C)C. The molecule has 0 aliphatic carbocycles. The molecule has 3 nitrogen and oxygen atoms in total. The topological polar surface area (TPSA) is 31.2 Å². The molecular formula is C16H22BNO2. The Morgan fingerprint density at radius 3 is 2.40 bits per heavy atom. The monoisotopic (exact) mass is 271 g/mol. The first-order valence-electron chi connectivity index (χ1n) is 7.04. The maximum atomic E-state index is 12.5. The number of benzene rings is 1. The van der Waals surface area contributed by atoms with Gasteiger partial charge in [0.25, 0.3) is 0 Å². The van der Waals surface area contributed by atoms with Crippen LogP contribution in [0, 0.1) is 6.92 Å². The molecule has 0 bridgehead atoms. The molecule has 0 amide bonds. The van der Waals surface area contributed by atoms with Crippen molar-refractivity contribution in [1.29, 1.82) is 0 Å². The van der Waals surface area contributed by atoms with Gasteiger partial charge in [0.05, 0.1) is 5.52 Å². The van der Waals surface area contributed by atoms with E-state index in [9.17, 15) is 4.79 Å². The van der Waals surface area contributed by atoms with E-state index in [2.05, 4.69) is 32.7 Å². The number of nitrogens with zero attached hydrogens (tertiary/aromatic N) is 1. The van der Waals surface area contributed by atoms with Gasteiger partial charge in [0, 0.05) is 0 Å². The summed E-state index contributed by atoms with van der Waals surface area (Å²) in [5.41, 5.74) is 2.59. The minimum atomic E-state index is -0.493. The van der Waals surface area contributed by atoms with E-state index >= 15 is 0 Å². The Morgan fingerprint density at radius 1 is 1.20 bits per heavy atom. The molecule has 0 unspecified atom stereocenters. The van der Waals surface area contributed by atoms with Crippen molar-refractivity contribution in [1.82, 2.24) is 4.57 Å². The van der Waals surface area contributed by atoms with Crippen molar-refractivity contribution in [2.75, 3.05) is 0 Å². The molecule has 2 rings (SSSR count). The van der Waals surface area contributed by atoms with Crippen molar-refractivity contribution in [3.05, 3.63) is 29.8 Å². The van der Waals surface area contributed by atoms with Gasteiger partial charge in [-0.25, -0.2) is 4.79 Å². The van der Waals surface area contributed by atoms with Gasteiger partial charge in [-0.15, -0.1) is 0 Å². The number of carbonyl (C=O) groups is 1. The van der Waals surface area contributed by atoms with Gasteiger partial charge in [-0.1, -0.05) is 25.3 Å². The molecule has 20 heavy (non-hydrogen) atoms. The second kappa shape index (κ2) is 5.00. The Morgan fingerprint density at radius 2 is 1.85 bits per heavy atom. The fourth-order valence-corrected chi connectivity index (χ4v) is 2.29. The average Bonchev–Trinajstić information content (AvgIpc) is 2.64. The van der Waals surface area contributed by atoms with E-state index < -0.39 is 5.60 Å². The van der Waals surface area contributed by atoms with Crippen LogP contribution in [-0.2, 0) is 4.74 Å². The lowest BCUT2D eigenvalue weighted by Gasteiger charge is -2.21. The number of ether oxygens (including phenoxy) is 1. The second-order valence-electron chi connectivity index (χ2n) is 6.60. The van der Waals surface area contributed by atoms with Crippen LogP contribution in [0.3, 0.4) is 0 Å². The van der Waals surface area contributed by atoms with Crippen LogP contribution in [0.4, 0.5) is 4.79 Å². The summed E-state index contributed by atoms with van der Waals surface area (Å²) in [5.74, 6) is 0. The molecule has 0 atom stereocenters. The zero-order chi connectivity index (χ0) is 15.1. The highest BCUT2D eigenvalue weighted by Crippen LogP contribution is 2.19. The van der Waals surface area contributed by atoms with E-state index in [4.69, 9.17) is 4.74 Å². The van der Waals surface area contributed by atoms with E-state index in [-0.39, 0.29) is 12.8 Å². The summed E-state index contributed by atoms with van der Waals surface area (Å²) >= 11 is 0. The third-order valence-corrected chi connectivity index (χ3v) is 3.15. The molecule has 0 radical (unpaired) electrons. The van der Waals surface area contributed by atoms with Crippen LogP contribution in [0.1, 0.15) is 26.3 Å². The molecule has 0 fully saturated rings. The van der Waals surface area contributed by atoms with Crippen LogP contribution in [0.5, 0.6) is 0 Å². The zero-order valence-corrected chi connectivity index (χ0v) is 13.2. The number of aromatic nitrogens is 1. The smallest absolute Gasteiger partial charge is 0.418 e. The molecule has 2 aromatic rings. The highest BCUT2D eigenvalue weighted by atomic mass is 16.6. The molecule has 0 N–H and O–H groups in total. The lowest BCUT2D eigenvalue weighted by molar-refractivity contribution is 0.0549. The highest BCUT2D eigenvalue weighted by Gasteiger charge is 2.23. The predicted octanol–water partition coefficient (Wildman–Crippen LogP) is 3.69. The molecular weight excluding hydrogens is 249 g/mol. The third-order valence-electron chi connectivity index (χ3n) is 3.15. The van der Waals surface area contributed by atoms with Crippen molar-refractivity contribution in [3.8, 4) is 0 Å². The lowest BCUT2D eigenvalue weighted by atomic mass is 9.52. The summed E-state index contributed by atoms with van der Waals surface area (Å²) in [4.78, 5) is 12.5. The number of hydrogen-bond donors (Lipinski definition) is 0. The summed E-state index contributed by atoms with van der Waals surface area (Å²) < 4.78 is 7.23. The quantitative estimate of drug-likeness (QED) is 0.740.